The Labute approximate surface area is 276 Å². The highest BCUT2D eigenvalue weighted by Crippen LogP contribution is 2.58. The van der Waals surface area contributed by atoms with Crippen LogP contribution in [0.1, 0.15) is 111 Å². The van der Waals surface area contributed by atoms with Gasteiger partial charge in [-0.05, 0) is 56.6 Å². The lowest BCUT2D eigenvalue weighted by Crippen LogP contribution is -2.37. The molecule has 228 valence electrons. The summed E-state index contributed by atoms with van der Waals surface area (Å²) in [5.41, 5.74) is 13.3. The van der Waals surface area contributed by atoms with E-state index in [2.05, 4.69) is 151 Å². The van der Waals surface area contributed by atoms with Crippen molar-refractivity contribution < 1.29 is 0 Å². The van der Waals surface area contributed by atoms with Gasteiger partial charge < -0.3 is 4.40 Å². The molecule has 2 aliphatic carbocycles. The molecule has 3 nitrogen and oxygen atoms in total. The van der Waals surface area contributed by atoms with Gasteiger partial charge in [0.05, 0.1) is 39.8 Å². The maximum atomic E-state index is 10.8. The van der Waals surface area contributed by atoms with E-state index in [1.54, 1.807) is 0 Å². The lowest BCUT2D eigenvalue weighted by molar-refractivity contribution is 0.523. The average molecular weight is 608 g/mol. The maximum Gasteiger partial charge on any atom is 0.0995 e. The molecule has 5 aromatic carbocycles. The van der Waals surface area contributed by atoms with Gasteiger partial charge in [0.25, 0.3) is 0 Å². The van der Waals surface area contributed by atoms with Crippen LogP contribution in [-0.4, -0.2) is 4.40 Å². The Kier molecular flexibility index (Phi) is 5.04. The lowest BCUT2D eigenvalue weighted by Gasteiger charge is -2.45. The second-order valence-electron chi connectivity index (χ2n) is 16.0. The van der Waals surface area contributed by atoms with Gasteiger partial charge in [0.1, 0.15) is 0 Å². The Balaban J connectivity index is 1.53. The van der Waals surface area contributed by atoms with E-state index in [1.807, 2.05) is 0 Å². The first-order valence-electron chi connectivity index (χ1n) is 16.7. The van der Waals surface area contributed by atoms with Crippen molar-refractivity contribution in [1.29, 1.82) is 10.5 Å². The molecule has 0 spiro atoms. The number of benzene rings is 5. The van der Waals surface area contributed by atoms with Gasteiger partial charge in [0, 0.05) is 43.2 Å². The number of hydrogen-bond donors (Lipinski definition) is 0. The molecule has 0 fully saturated rings. The molecular formula is C44H37N3. The van der Waals surface area contributed by atoms with Gasteiger partial charge in [-0.25, -0.2) is 0 Å². The Hall–Kier alpha value is -5.12. The van der Waals surface area contributed by atoms with Crippen LogP contribution in [0.25, 0.3) is 38.1 Å². The molecule has 0 saturated carbocycles. The van der Waals surface area contributed by atoms with Gasteiger partial charge >= 0.3 is 0 Å². The molecule has 0 N–H and O–H groups in total. The van der Waals surface area contributed by atoms with Crippen molar-refractivity contribution >= 4 is 38.1 Å². The largest absolute Gasteiger partial charge is 0.308 e. The van der Waals surface area contributed by atoms with Crippen LogP contribution in [0.3, 0.4) is 0 Å². The molecule has 9 rings (SSSR count). The smallest absolute Gasteiger partial charge is 0.0995 e. The Morgan fingerprint density at radius 2 is 0.809 bits per heavy atom. The fourth-order valence-corrected chi connectivity index (χ4v) is 10.2. The third-order valence-electron chi connectivity index (χ3n) is 12.2. The molecule has 7 aromatic rings. The van der Waals surface area contributed by atoms with Gasteiger partial charge in [-0.15, -0.1) is 0 Å². The average Bonchev–Trinajstić information content (AvgIpc) is 3.57. The first kappa shape index (κ1) is 28.1. The molecule has 0 bridgehead atoms. The van der Waals surface area contributed by atoms with Gasteiger partial charge in [-0.1, -0.05) is 122 Å². The van der Waals surface area contributed by atoms with Crippen molar-refractivity contribution in [3.63, 3.8) is 0 Å². The predicted molar refractivity (Wildman–Crippen MR) is 192 cm³/mol. The number of hydrogen-bond acceptors (Lipinski definition) is 2. The van der Waals surface area contributed by atoms with Crippen LogP contribution >= 0.6 is 0 Å². The quantitative estimate of drug-likeness (QED) is 0.172. The molecule has 3 heteroatoms. The molecule has 47 heavy (non-hydrogen) atoms. The van der Waals surface area contributed by atoms with Crippen molar-refractivity contribution in [3.8, 4) is 12.1 Å². The number of nitrogens with zero attached hydrogens (tertiary/aromatic N) is 3. The minimum Gasteiger partial charge on any atom is -0.308 e. The topological polar surface area (TPSA) is 52.0 Å². The Bertz CT molecular complexity index is 2460. The molecule has 0 amide bonds. The first-order valence-corrected chi connectivity index (χ1v) is 16.7. The summed E-state index contributed by atoms with van der Waals surface area (Å²) in [6.07, 6.45) is 0. The Morgan fingerprint density at radius 1 is 0.468 bits per heavy atom. The van der Waals surface area contributed by atoms with Crippen molar-refractivity contribution in [1.82, 2.24) is 4.40 Å². The summed E-state index contributed by atoms with van der Waals surface area (Å²) in [5.74, 6) is 0. The third-order valence-corrected chi connectivity index (χ3v) is 12.2. The monoisotopic (exact) mass is 607 g/mol. The number of aromatic nitrogens is 1. The summed E-state index contributed by atoms with van der Waals surface area (Å²) in [5, 5.41) is 26.5. The minimum absolute atomic E-state index is 0.326. The molecule has 2 aromatic heterocycles. The van der Waals surface area contributed by atoms with Gasteiger partial charge in [0.2, 0.25) is 0 Å². The van der Waals surface area contributed by atoms with Crippen LogP contribution < -0.4 is 0 Å². The summed E-state index contributed by atoms with van der Waals surface area (Å²) in [6.45, 7) is 18.4. The van der Waals surface area contributed by atoms with E-state index in [9.17, 15) is 10.5 Å². The maximum absolute atomic E-state index is 10.8. The second-order valence-corrected chi connectivity index (χ2v) is 16.0. The lowest BCUT2D eigenvalue weighted by atomic mass is 9.58. The van der Waals surface area contributed by atoms with Crippen LogP contribution in [0.4, 0.5) is 0 Å². The van der Waals surface area contributed by atoms with E-state index >= 15 is 0 Å². The van der Waals surface area contributed by atoms with Crippen LogP contribution in [0.15, 0.2) is 78.9 Å². The summed E-state index contributed by atoms with van der Waals surface area (Å²) in [4.78, 5) is 0. The van der Waals surface area contributed by atoms with Crippen molar-refractivity contribution in [2.24, 2.45) is 0 Å². The minimum atomic E-state index is -0.342. The number of para-hydroxylation sites is 1. The second kappa shape index (κ2) is 8.42. The van der Waals surface area contributed by atoms with Gasteiger partial charge in [-0.2, -0.15) is 10.5 Å². The zero-order valence-electron chi connectivity index (χ0n) is 28.3. The molecule has 0 saturated heterocycles. The van der Waals surface area contributed by atoms with Crippen molar-refractivity contribution in [2.45, 2.75) is 77.0 Å². The molecule has 2 aliphatic rings. The number of rotatable bonds is 0. The fourth-order valence-electron chi connectivity index (χ4n) is 10.2. The fraction of sp³-hybridized carbons (Fsp3) is 0.273. The molecular weight excluding hydrogens is 571 g/mol. The highest BCUT2D eigenvalue weighted by atomic mass is 14.9. The summed E-state index contributed by atoms with van der Waals surface area (Å²) >= 11 is 0. The van der Waals surface area contributed by atoms with Gasteiger partial charge in [-0.3, -0.25) is 0 Å². The molecule has 0 atom stereocenters. The summed E-state index contributed by atoms with van der Waals surface area (Å²) in [6, 6.07) is 33.8. The standard InChI is InChI=1S/C44H37N3/c1-41(2)28-16-9-11-18-30(28)43(5,6)38-34-26-14-13-15-27-35-33(47(40(26)27)32(34)20-24(22-45)36(38)41)21-25(23-46)37-39(35)44(7,8)31-19-12-10-17-29(31)42(37,3)4/h9-21H,1-8H3. The zero-order chi connectivity index (χ0) is 33.0. The van der Waals surface area contributed by atoms with E-state index < -0.39 is 0 Å². The molecule has 0 aliphatic heterocycles. The van der Waals surface area contributed by atoms with Crippen LogP contribution in [0.5, 0.6) is 0 Å². The summed E-state index contributed by atoms with van der Waals surface area (Å²) < 4.78 is 2.38. The van der Waals surface area contributed by atoms with Crippen LogP contribution in [-0.2, 0) is 21.7 Å². The molecule has 0 unspecified atom stereocenters. The van der Waals surface area contributed by atoms with E-state index in [4.69, 9.17) is 0 Å². The van der Waals surface area contributed by atoms with Crippen molar-refractivity contribution in [3.05, 3.63) is 134 Å². The third kappa shape index (κ3) is 3.03. The van der Waals surface area contributed by atoms with E-state index in [0.717, 1.165) is 33.3 Å². The first-order chi connectivity index (χ1) is 22.3. The Morgan fingerprint density at radius 3 is 1.15 bits per heavy atom. The van der Waals surface area contributed by atoms with E-state index in [0.29, 0.717) is 0 Å². The molecule has 0 radical (unpaired) electrons. The number of nitriles is 2. The predicted octanol–water partition coefficient (Wildman–Crippen LogP) is 10.5. The number of fused-ring (bicyclic) bond motifs is 12. The van der Waals surface area contributed by atoms with Gasteiger partial charge in [0.15, 0.2) is 0 Å². The summed E-state index contributed by atoms with van der Waals surface area (Å²) in [7, 11) is 0. The van der Waals surface area contributed by atoms with E-state index in [-0.39, 0.29) is 21.7 Å². The normalized spacial score (nSPS) is 18.0. The highest BCUT2D eigenvalue weighted by molar-refractivity contribution is 6.25. The van der Waals surface area contributed by atoms with Crippen LogP contribution in [0.2, 0.25) is 0 Å². The van der Waals surface area contributed by atoms with E-state index in [1.165, 1.54) is 60.4 Å². The molecule has 2 heterocycles. The van der Waals surface area contributed by atoms with Crippen LogP contribution in [0, 0.1) is 22.7 Å². The highest BCUT2D eigenvalue weighted by Gasteiger charge is 2.47. The zero-order valence-corrected chi connectivity index (χ0v) is 28.3. The van der Waals surface area contributed by atoms with Crippen molar-refractivity contribution in [2.75, 3.05) is 0 Å². The SMILES string of the molecule is CC1(C)c2ccccc2C(C)(C)c2c1c(C#N)cc1c2c2cccc3c4c5c(c(C#N)cc4n1c23)C(C)(C)c1ccccc1C5(C)C.